The van der Waals surface area contributed by atoms with Gasteiger partial charge < -0.3 is 18.8 Å². The van der Waals surface area contributed by atoms with E-state index in [1.54, 1.807) is 43.3 Å². The van der Waals surface area contributed by atoms with Gasteiger partial charge in [-0.15, -0.1) is 0 Å². The molecule has 8 heteroatoms. The Labute approximate surface area is 159 Å². The maximum atomic E-state index is 13.1. The number of amides is 1. The van der Waals surface area contributed by atoms with E-state index < -0.39 is 23.5 Å². The highest BCUT2D eigenvalue weighted by molar-refractivity contribution is 6.20. The largest absolute Gasteiger partial charge is 0.503 e. The number of aliphatic hydroxyl groups excluding tert-OH is 1. The first-order valence-electron chi connectivity index (χ1n) is 8.44. The number of Topliss-reactive ketones (excluding diaryl/α,β-unsaturated/α-hetero) is 1. The Kier molecular flexibility index (Phi) is 4.23. The first kappa shape index (κ1) is 17.6. The van der Waals surface area contributed by atoms with Crippen molar-refractivity contribution in [3.8, 4) is 5.75 Å². The van der Waals surface area contributed by atoms with Crippen LogP contribution in [0.25, 0.3) is 0 Å². The smallest absolute Gasteiger partial charge is 0.295 e. The lowest BCUT2D eigenvalue weighted by Crippen LogP contribution is -2.31. The number of methoxy groups -OCH3 is 1. The van der Waals surface area contributed by atoms with Crippen molar-refractivity contribution in [2.75, 3.05) is 12.0 Å². The molecule has 0 unspecified atom stereocenters. The lowest BCUT2D eigenvalue weighted by molar-refractivity contribution is -0.117. The Morgan fingerprint density at radius 3 is 2.68 bits per heavy atom. The Bertz CT molecular complexity index is 1080. The molecule has 1 aliphatic rings. The van der Waals surface area contributed by atoms with E-state index in [-0.39, 0.29) is 17.2 Å². The predicted octanol–water partition coefficient (Wildman–Crippen LogP) is 3.37. The van der Waals surface area contributed by atoms with E-state index in [4.69, 9.17) is 13.7 Å². The van der Waals surface area contributed by atoms with Crippen LogP contribution in [0.3, 0.4) is 0 Å². The van der Waals surface area contributed by atoms with Crippen molar-refractivity contribution in [2.45, 2.75) is 13.0 Å². The van der Waals surface area contributed by atoms with Crippen LogP contribution in [0.15, 0.2) is 69.0 Å². The van der Waals surface area contributed by atoms with Gasteiger partial charge in [-0.05, 0) is 25.1 Å². The molecule has 1 atom stereocenters. The number of hydrogen-bond acceptors (Lipinski definition) is 7. The summed E-state index contributed by atoms with van der Waals surface area (Å²) in [6.45, 7) is 1.68. The molecule has 3 heterocycles. The van der Waals surface area contributed by atoms with Crippen LogP contribution in [-0.2, 0) is 4.79 Å². The minimum atomic E-state index is -0.967. The van der Waals surface area contributed by atoms with Gasteiger partial charge in [0.25, 0.3) is 5.91 Å². The molecule has 0 saturated heterocycles. The van der Waals surface area contributed by atoms with Crippen LogP contribution in [-0.4, -0.2) is 29.1 Å². The van der Waals surface area contributed by atoms with Crippen molar-refractivity contribution < 1.29 is 28.4 Å². The standard InChI is InChI=1S/C20H16N2O6/c1-11-10-15(21-28-11)22-17(12-6-3-4-7-13(12)26-2)16(19(24)20(22)25)18(23)14-8-5-9-27-14/h3-10,17,24H,1-2H3/t17-/m1/s1. The number of ether oxygens (including phenoxy) is 1. The molecule has 0 spiro atoms. The van der Waals surface area contributed by atoms with E-state index in [0.29, 0.717) is 17.1 Å². The quantitative estimate of drug-likeness (QED) is 0.676. The molecule has 0 fully saturated rings. The number of carbonyl (C=O) groups excluding carboxylic acids is 2. The van der Waals surface area contributed by atoms with Crippen molar-refractivity contribution in [1.82, 2.24) is 5.16 Å². The summed E-state index contributed by atoms with van der Waals surface area (Å²) in [6, 6.07) is 10.5. The van der Waals surface area contributed by atoms with Crippen LogP contribution in [0.2, 0.25) is 0 Å². The van der Waals surface area contributed by atoms with Gasteiger partial charge in [0.2, 0.25) is 5.78 Å². The summed E-state index contributed by atoms with van der Waals surface area (Å²) >= 11 is 0. The Morgan fingerprint density at radius 1 is 1.25 bits per heavy atom. The fourth-order valence-corrected chi connectivity index (χ4v) is 3.27. The lowest BCUT2D eigenvalue weighted by atomic mass is 9.94. The van der Waals surface area contributed by atoms with Gasteiger partial charge >= 0.3 is 0 Å². The van der Waals surface area contributed by atoms with Crippen molar-refractivity contribution in [3.05, 3.63) is 77.1 Å². The van der Waals surface area contributed by atoms with E-state index in [0.717, 1.165) is 0 Å². The van der Waals surface area contributed by atoms with Crippen molar-refractivity contribution in [1.29, 1.82) is 0 Å². The van der Waals surface area contributed by atoms with E-state index in [1.165, 1.54) is 24.3 Å². The number of benzene rings is 1. The van der Waals surface area contributed by atoms with Gasteiger partial charge in [0, 0.05) is 11.6 Å². The van der Waals surface area contributed by atoms with Gasteiger partial charge in [-0.25, -0.2) is 0 Å². The Hall–Kier alpha value is -3.81. The molecule has 142 valence electrons. The number of aryl methyl sites for hydroxylation is 1. The number of furan rings is 1. The number of aromatic nitrogens is 1. The summed E-state index contributed by atoms with van der Waals surface area (Å²) < 4.78 is 15.7. The minimum absolute atomic E-state index is 0.00688. The average Bonchev–Trinajstić information content (AvgIpc) is 3.43. The summed E-state index contributed by atoms with van der Waals surface area (Å²) in [5, 5.41) is 14.5. The maximum absolute atomic E-state index is 13.1. The van der Waals surface area contributed by atoms with Gasteiger partial charge in [-0.3, -0.25) is 14.5 Å². The average molecular weight is 380 g/mol. The molecular weight excluding hydrogens is 364 g/mol. The van der Waals surface area contributed by atoms with Crippen LogP contribution in [0, 0.1) is 6.92 Å². The summed E-state index contributed by atoms with van der Waals surface area (Å²) in [5.74, 6) is -0.928. The topological polar surface area (TPSA) is 106 Å². The zero-order chi connectivity index (χ0) is 19.8. The van der Waals surface area contributed by atoms with E-state index in [9.17, 15) is 14.7 Å². The monoisotopic (exact) mass is 380 g/mol. The number of ketones is 1. The predicted molar refractivity (Wildman–Crippen MR) is 97.2 cm³/mol. The lowest BCUT2D eigenvalue weighted by Gasteiger charge is -2.25. The molecular formula is C20H16N2O6. The molecule has 1 aromatic carbocycles. The molecule has 2 aromatic heterocycles. The molecule has 28 heavy (non-hydrogen) atoms. The van der Waals surface area contributed by atoms with Gasteiger partial charge in [0.15, 0.2) is 17.3 Å². The normalized spacial score (nSPS) is 16.7. The van der Waals surface area contributed by atoms with Crippen molar-refractivity contribution in [2.24, 2.45) is 0 Å². The van der Waals surface area contributed by atoms with E-state index >= 15 is 0 Å². The van der Waals surface area contributed by atoms with E-state index in [2.05, 4.69) is 5.16 Å². The molecule has 8 nitrogen and oxygen atoms in total. The molecule has 3 aromatic rings. The Balaban J connectivity index is 1.92. The first-order valence-corrected chi connectivity index (χ1v) is 8.44. The summed E-state index contributed by atoms with van der Waals surface area (Å²) in [6.07, 6.45) is 1.35. The maximum Gasteiger partial charge on any atom is 0.295 e. The zero-order valence-corrected chi connectivity index (χ0v) is 15.1. The molecule has 1 aliphatic heterocycles. The molecule has 0 radical (unpaired) electrons. The molecule has 0 aliphatic carbocycles. The summed E-state index contributed by atoms with van der Waals surface area (Å²) in [5.41, 5.74) is 0.392. The van der Waals surface area contributed by atoms with Crippen LogP contribution >= 0.6 is 0 Å². The molecule has 1 amide bonds. The highest BCUT2D eigenvalue weighted by Gasteiger charge is 2.47. The number of aliphatic hydroxyl groups is 1. The summed E-state index contributed by atoms with van der Waals surface area (Å²) in [7, 11) is 1.48. The second-order valence-corrected chi connectivity index (χ2v) is 6.18. The first-order chi connectivity index (χ1) is 13.5. The van der Waals surface area contributed by atoms with Crippen LogP contribution < -0.4 is 9.64 Å². The number of anilines is 1. The molecule has 0 saturated carbocycles. The number of carbonyl (C=O) groups is 2. The SMILES string of the molecule is COc1ccccc1[C@@H]1C(C(=O)c2ccco2)=C(O)C(=O)N1c1cc(C)on1. The van der Waals surface area contributed by atoms with Crippen molar-refractivity contribution in [3.63, 3.8) is 0 Å². The third-order valence-electron chi connectivity index (χ3n) is 4.49. The third-order valence-corrected chi connectivity index (χ3v) is 4.49. The van der Waals surface area contributed by atoms with Gasteiger partial charge in [-0.2, -0.15) is 0 Å². The van der Waals surface area contributed by atoms with Crippen LogP contribution in [0.4, 0.5) is 5.82 Å². The highest BCUT2D eigenvalue weighted by atomic mass is 16.5. The van der Waals surface area contributed by atoms with Crippen LogP contribution in [0.5, 0.6) is 5.75 Å². The van der Waals surface area contributed by atoms with Gasteiger partial charge in [0.05, 0.1) is 18.9 Å². The van der Waals surface area contributed by atoms with Gasteiger partial charge in [0.1, 0.15) is 17.6 Å². The van der Waals surface area contributed by atoms with Gasteiger partial charge in [-0.1, -0.05) is 23.4 Å². The second-order valence-electron chi connectivity index (χ2n) is 6.18. The third kappa shape index (κ3) is 2.66. The molecule has 4 rings (SSSR count). The zero-order valence-electron chi connectivity index (χ0n) is 15.1. The minimum Gasteiger partial charge on any atom is -0.503 e. The Morgan fingerprint density at radius 2 is 2.04 bits per heavy atom. The summed E-state index contributed by atoms with van der Waals surface area (Å²) in [4.78, 5) is 27.2. The fraction of sp³-hybridized carbons (Fsp3) is 0.150. The highest BCUT2D eigenvalue weighted by Crippen LogP contribution is 2.44. The number of para-hydroxylation sites is 1. The van der Waals surface area contributed by atoms with Crippen LogP contribution in [0.1, 0.15) is 27.9 Å². The molecule has 1 N–H and O–H groups in total. The second kappa shape index (κ2) is 6.73. The number of hydrogen-bond donors (Lipinski definition) is 1. The fourth-order valence-electron chi connectivity index (χ4n) is 3.27. The number of rotatable bonds is 5. The number of nitrogens with zero attached hydrogens (tertiary/aromatic N) is 2. The molecule has 0 bridgehead atoms. The van der Waals surface area contributed by atoms with E-state index in [1.807, 2.05) is 0 Å². The van der Waals surface area contributed by atoms with Crippen molar-refractivity contribution >= 4 is 17.5 Å².